The first kappa shape index (κ1) is 25.6. The van der Waals surface area contributed by atoms with Crippen LogP contribution in [0.2, 0.25) is 0 Å². The molecule has 0 spiro atoms. The molecule has 0 radical (unpaired) electrons. The van der Waals surface area contributed by atoms with Crippen LogP contribution in [0.15, 0.2) is 154 Å². The first-order chi connectivity index (χ1) is 23.8. The molecule has 4 heteroatoms. The van der Waals surface area contributed by atoms with Gasteiger partial charge in [0.25, 0.3) is 0 Å². The summed E-state index contributed by atoms with van der Waals surface area (Å²) < 4.78 is 12.9. The number of para-hydroxylation sites is 3. The van der Waals surface area contributed by atoms with Crippen molar-refractivity contribution >= 4 is 87.4 Å². The molecule has 4 aromatic heterocycles. The summed E-state index contributed by atoms with van der Waals surface area (Å²) in [5, 5.41) is 9.74. The molecule has 4 nitrogen and oxygen atoms in total. The lowest BCUT2D eigenvalue weighted by Crippen LogP contribution is -1.90. The van der Waals surface area contributed by atoms with E-state index in [4.69, 9.17) is 18.8 Å². The molecular formula is C44H24N2O2. The molecule has 222 valence electrons. The third-order valence-electron chi connectivity index (χ3n) is 9.81. The van der Waals surface area contributed by atoms with Crippen molar-refractivity contribution < 1.29 is 8.83 Å². The standard InChI is InChI=1S/C44H24N2O2/c1-6-14-34-27(9-1)23-28-24-33(29-10-2-3-11-30(29)42(28)45-34)25-17-19-26(20-18-25)43-40-32-13-5-8-16-37(32)48-44(40)41-35(46-43)21-22-38-39(41)31-12-4-7-15-36(31)47-38/h1-24H. The van der Waals surface area contributed by atoms with E-state index in [2.05, 4.69) is 97.1 Å². The van der Waals surface area contributed by atoms with Crippen LogP contribution in [0, 0.1) is 0 Å². The number of aromatic nitrogens is 2. The number of benzene rings is 7. The molecule has 48 heavy (non-hydrogen) atoms. The minimum absolute atomic E-state index is 0.829. The Labute approximate surface area is 273 Å². The maximum Gasteiger partial charge on any atom is 0.147 e. The molecule has 0 saturated carbocycles. The lowest BCUT2D eigenvalue weighted by molar-refractivity contribution is 0.667. The van der Waals surface area contributed by atoms with Crippen LogP contribution in [0.4, 0.5) is 0 Å². The Morgan fingerprint density at radius 3 is 1.90 bits per heavy atom. The number of pyridine rings is 2. The second-order valence-electron chi connectivity index (χ2n) is 12.5. The maximum absolute atomic E-state index is 6.68. The lowest BCUT2D eigenvalue weighted by atomic mass is 9.93. The van der Waals surface area contributed by atoms with E-state index in [1.54, 1.807) is 0 Å². The predicted molar refractivity (Wildman–Crippen MR) is 197 cm³/mol. The summed E-state index contributed by atoms with van der Waals surface area (Å²) in [7, 11) is 0. The van der Waals surface area contributed by atoms with Gasteiger partial charge in [-0.2, -0.15) is 0 Å². The Kier molecular flexibility index (Phi) is 5.08. The normalized spacial score (nSPS) is 12.2. The summed E-state index contributed by atoms with van der Waals surface area (Å²) in [4.78, 5) is 10.4. The van der Waals surface area contributed by atoms with Crippen molar-refractivity contribution in [1.82, 2.24) is 9.97 Å². The van der Waals surface area contributed by atoms with Crippen LogP contribution >= 0.6 is 0 Å². The van der Waals surface area contributed by atoms with Crippen molar-refractivity contribution in [3.63, 3.8) is 0 Å². The van der Waals surface area contributed by atoms with Gasteiger partial charge in [0, 0.05) is 37.9 Å². The van der Waals surface area contributed by atoms with Gasteiger partial charge in [0.15, 0.2) is 0 Å². The van der Waals surface area contributed by atoms with Gasteiger partial charge in [0.1, 0.15) is 22.3 Å². The van der Waals surface area contributed by atoms with E-state index in [0.29, 0.717) is 0 Å². The summed E-state index contributed by atoms with van der Waals surface area (Å²) in [6.07, 6.45) is 0. The van der Waals surface area contributed by atoms with Crippen molar-refractivity contribution in [3.8, 4) is 22.4 Å². The molecule has 0 saturated heterocycles. The average molecular weight is 613 g/mol. The molecule has 11 rings (SSSR count). The molecule has 0 fully saturated rings. The topological polar surface area (TPSA) is 52.1 Å². The Morgan fingerprint density at radius 1 is 0.396 bits per heavy atom. The highest BCUT2D eigenvalue weighted by molar-refractivity contribution is 6.29. The number of hydrogen-bond acceptors (Lipinski definition) is 4. The molecule has 0 aliphatic carbocycles. The van der Waals surface area contributed by atoms with E-state index in [9.17, 15) is 0 Å². The number of rotatable bonds is 2. The fourth-order valence-electron chi connectivity index (χ4n) is 7.63. The second kappa shape index (κ2) is 9.50. The highest BCUT2D eigenvalue weighted by Gasteiger charge is 2.22. The van der Waals surface area contributed by atoms with Crippen molar-refractivity contribution in [2.24, 2.45) is 0 Å². The fraction of sp³-hybridized carbons (Fsp3) is 0. The van der Waals surface area contributed by atoms with E-state index < -0.39 is 0 Å². The predicted octanol–water partition coefficient (Wildman–Crippen LogP) is 12.2. The van der Waals surface area contributed by atoms with Crippen molar-refractivity contribution in [2.45, 2.75) is 0 Å². The van der Waals surface area contributed by atoms with E-state index in [1.165, 1.54) is 10.9 Å². The highest BCUT2D eigenvalue weighted by atomic mass is 16.3. The van der Waals surface area contributed by atoms with Crippen LogP contribution in [0.25, 0.3) is 110 Å². The third kappa shape index (κ3) is 3.54. The quantitative estimate of drug-likeness (QED) is 0.144. The van der Waals surface area contributed by atoms with E-state index in [1.807, 2.05) is 48.5 Å². The first-order valence-electron chi connectivity index (χ1n) is 16.2. The Hall–Kier alpha value is -6.52. The Balaban J connectivity index is 1.15. The van der Waals surface area contributed by atoms with Crippen molar-refractivity contribution in [2.75, 3.05) is 0 Å². The van der Waals surface area contributed by atoms with Crippen LogP contribution in [-0.2, 0) is 0 Å². The number of hydrogen-bond donors (Lipinski definition) is 0. The molecular weight excluding hydrogens is 588 g/mol. The molecule has 4 heterocycles. The molecule has 0 aliphatic rings. The van der Waals surface area contributed by atoms with E-state index >= 15 is 0 Å². The van der Waals surface area contributed by atoms with Gasteiger partial charge in [0.05, 0.1) is 33.0 Å². The summed E-state index contributed by atoms with van der Waals surface area (Å²) in [5.74, 6) is 0. The van der Waals surface area contributed by atoms with Crippen LogP contribution in [0.5, 0.6) is 0 Å². The third-order valence-corrected chi connectivity index (χ3v) is 9.81. The summed E-state index contributed by atoms with van der Waals surface area (Å²) in [6.45, 7) is 0. The summed E-state index contributed by atoms with van der Waals surface area (Å²) in [6, 6.07) is 50.7. The van der Waals surface area contributed by atoms with E-state index in [-0.39, 0.29) is 0 Å². The molecule has 0 bridgehead atoms. The molecule has 0 unspecified atom stereocenters. The monoisotopic (exact) mass is 612 g/mol. The summed E-state index contributed by atoms with van der Waals surface area (Å²) >= 11 is 0. The van der Waals surface area contributed by atoms with Gasteiger partial charge < -0.3 is 8.83 Å². The fourth-order valence-corrected chi connectivity index (χ4v) is 7.63. The van der Waals surface area contributed by atoms with Gasteiger partial charge in [-0.1, -0.05) is 103 Å². The molecule has 0 atom stereocenters. The molecule has 11 aromatic rings. The maximum atomic E-state index is 6.68. The minimum atomic E-state index is 0.829. The van der Waals surface area contributed by atoms with Crippen molar-refractivity contribution in [3.05, 3.63) is 146 Å². The zero-order valence-electron chi connectivity index (χ0n) is 25.6. The van der Waals surface area contributed by atoms with Gasteiger partial charge >= 0.3 is 0 Å². The van der Waals surface area contributed by atoms with Crippen LogP contribution in [-0.4, -0.2) is 9.97 Å². The van der Waals surface area contributed by atoms with E-state index in [0.717, 1.165) is 98.8 Å². The smallest absolute Gasteiger partial charge is 0.147 e. The molecule has 7 aromatic carbocycles. The van der Waals surface area contributed by atoms with Crippen LogP contribution < -0.4 is 0 Å². The van der Waals surface area contributed by atoms with Gasteiger partial charge in [0.2, 0.25) is 0 Å². The lowest BCUT2D eigenvalue weighted by Gasteiger charge is -2.12. The van der Waals surface area contributed by atoms with Crippen LogP contribution in [0.3, 0.4) is 0 Å². The van der Waals surface area contributed by atoms with Crippen molar-refractivity contribution in [1.29, 1.82) is 0 Å². The zero-order valence-corrected chi connectivity index (χ0v) is 25.6. The zero-order chi connectivity index (χ0) is 31.3. The van der Waals surface area contributed by atoms with Gasteiger partial charge in [-0.25, -0.2) is 9.97 Å². The second-order valence-corrected chi connectivity index (χ2v) is 12.5. The minimum Gasteiger partial charge on any atom is -0.456 e. The SMILES string of the molecule is c1ccc2nc3c(cc(-c4ccc(-c5nc6ccc7oc8ccccc8c7c6c6oc7ccccc7c56)cc4)c4ccccc43)cc2c1. The van der Waals surface area contributed by atoms with Gasteiger partial charge in [-0.15, -0.1) is 0 Å². The molecule has 0 N–H and O–H groups in total. The Morgan fingerprint density at radius 2 is 1.06 bits per heavy atom. The largest absolute Gasteiger partial charge is 0.456 e. The Bertz CT molecular complexity index is 3110. The van der Waals surface area contributed by atoms with Gasteiger partial charge in [-0.05, 0) is 59.0 Å². The number of fused-ring (bicyclic) bond motifs is 13. The molecule has 0 amide bonds. The first-order valence-corrected chi connectivity index (χ1v) is 16.2. The highest BCUT2D eigenvalue weighted by Crippen LogP contribution is 2.44. The number of furan rings is 2. The molecule has 0 aliphatic heterocycles. The van der Waals surface area contributed by atoms with Crippen LogP contribution in [0.1, 0.15) is 0 Å². The van der Waals surface area contributed by atoms with Gasteiger partial charge in [-0.3, -0.25) is 0 Å². The number of nitrogens with zero attached hydrogens (tertiary/aromatic N) is 2. The average Bonchev–Trinajstić information content (AvgIpc) is 3.73. The summed E-state index contributed by atoms with van der Waals surface area (Å²) in [5.41, 5.74) is 10.5.